The van der Waals surface area contributed by atoms with E-state index in [0.29, 0.717) is 32.1 Å². The molecule has 1 N–H and O–H groups in total. The first-order valence-electron chi connectivity index (χ1n) is 23.2. The number of nitrogens with one attached hydrogen (secondary N) is 1. The number of carbonyl (C=O) groups is 4. The van der Waals surface area contributed by atoms with E-state index >= 15 is 0 Å². The van der Waals surface area contributed by atoms with Crippen LogP contribution >= 0.6 is 0 Å². The summed E-state index contributed by atoms with van der Waals surface area (Å²) >= 11 is 0. The largest absolute Gasteiger partial charge is 0.462 e. The van der Waals surface area contributed by atoms with Crippen LogP contribution in [0.1, 0.15) is 226 Å². The number of hydrogen-bond donors (Lipinski definition) is 1. The molecule has 2 atom stereocenters. The highest BCUT2D eigenvalue weighted by atomic mass is 16.6. The molecule has 55 heavy (non-hydrogen) atoms. The molecular weight excluding hydrogens is 693 g/mol. The lowest BCUT2D eigenvalue weighted by molar-refractivity contribution is -0.176. The smallest absolute Gasteiger partial charge is 0.306 e. The number of hydrogen-bond acceptors (Lipinski definition) is 8. The van der Waals surface area contributed by atoms with Gasteiger partial charge in [-0.1, -0.05) is 175 Å². The quantitative estimate of drug-likeness (QED) is 0.0371. The Kier molecular flexibility index (Phi) is 38.5. The molecule has 0 bridgehead atoms. The summed E-state index contributed by atoms with van der Waals surface area (Å²) in [7, 11) is 3.93. The molecule has 0 fully saturated rings. The van der Waals surface area contributed by atoms with Crippen molar-refractivity contribution in [1.29, 1.82) is 0 Å². The molecule has 0 aromatic rings. The highest BCUT2D eigenvalue weighted by Gasteiger charge is 2.31. The second-order valence-electron chi connectivity index (χ2n) is 16.2. The second kappa shape index (κ2) is 40.1. The van der Waals surface area contributed by atoms with Crippen molar-refractivity contribution in [3.63, 3.8) is 0 Å². The maximum atomic E-state index is 13.2. The molecule has 0 saturated heterocycles. The van der Waals surface area contributed by atoms with Gasteiger partial charge in [0.2, 0.25) is 5.91 Å². The molecule has 0 saturated carbocycles. The maximum Gasteiger partial charge on any atom is 0.306 e. The number of esters is 3. The predicted octanol–water partition coefficient (Wildman–Crippen LogP) is 11.6. The number of amides is 1. The Hall–Kier alpha value is -2.16. The molecule has 1 amide bonds. The molecule has 9 nitrogen and oxygen atoms in total. The van der Waals surface area contributed by atoms with Gasteiger partial charge in [0, 0.05) is 25.7 Å². The Morgan fingerprint density at radius 2 is 0.782 bits per heavy atom. The summed E-state index contributed by atoms with van der Waals surface area (Å²) in [5.74, 6) is -1.31. The lowest BCUT2D eigenvalue weighted by Crippen LogP contribution is -2.46. The molecule has 0 aromatic carbocycles. The average Bonchev–Trinajstić information content (AvgIpc) is 3.16. The summed E-state index contributed by atoms with van der Waals surface area (Å²) in [4.78, 5) is 53.9. The lowest BCUT2D eigenvalue weighted by atomic mass is 10.1. The normalized spacial score (nSPS) is 12.4. The molecule has 0 aromatic heterocycles. The Labute approximate surface area is 338 Å². The molecule has 0 spiro atoms. The summed E-state index contributed by atoms with van der Waals surface area (Å²) < 4.78 is 17.5. The molecule has 2 unspecified atom stereocenters. The first-order valence-corrected chi connectivity index (χ1v) is 23.2. The molecule has 0 aliphatic carbocycles. The zero-order valence-corrected chi connectivity index (χ0v) is 36.7. The van der Waals surface area contributed by atoms with Crippen LogP contribution in [0.4, 0.5) is 0 Å². The van der Waals surface area contributed by atoms with Crippen LogP contribution < -0.4 is 5.32 Å². The fourth-order valence-electron chi connectivity index (χ4n) is 6.77. The Bertz CT molecular complexity index is 913. The van der Waals surface area contributed by atoms with Gasteiger partial charge in [-0.15, -0.1) is 0 Å². The summed E-state index contributed by atoms with van der Waals surface area (Å²) in [6, 6.07) is 0. The molecule has 0 aliphatic rings. The molecule has 0 rings (SSSR count). The summed E-state index contributed by atoms with van der Waals surface area (Å²) in [5.41, 5.74) is 0. The van der Waals surface area contributed by atoms with Crippen LogP contribution in [0.3, 0.4) is 0 Å². The van der Waals surface area contributed by atoms with Crippen molar-refractivity contribution in [3.8, 4) is 0 Å². The van der Waals surface area contributed by atoms with E-state index < -0.39 is 24.1 Å². The maximum absolute atomic E-state index is 13.2. The Morgan fingerprint density at radius 3 is 1.16 bits per heavy atom. The van der Waals surface area contributed by atoms with Gasteiger partial charge in [0.15, 0.2) is 12.2 Å². The first kappa shape index (κ1) is 52.8. The third kappa shape index (κ3) is 37.2. The number of nitrogens with zero attached hydrogens (tertiary/aromatic N) is 1. The third-order valence-electron chi connectivity index (χ3n) is 10.4. The first-order chi connectivity index (χ1) is 26.7. The van der Waals surface area contributed by atoms with E-state index in [1.165, 1.54) is 116 Å². The van der Waals surface area contributed by atoms with Crippen LogP contribution in [-0.4, -0.2) is 74.7 Å². The van der Waals surface area contributed by atoms with Crippen molar-refractivity contribution in [2.24, 2.45) is 0 Å². The van der Waals surface area contributed by atoms with E-state index in [0.717, 1.165) is 51.5 Å². The molecule has 0 heterocycles. The number of rotatable bonds is 41. The summed E-state index contributed by atoms with van der Waals surface area (Å²) in [6.45, 7) is 7.21. The Morgan fingerprint density at radius 1 is 0.436 bits per heavy atom. The van der Waals surface area contributed by atoms with Crippen molar-refractivity contribution in [1.82, 2.24) is 10.2 Å². The number of carbonyl (C=O) groups excluding carboxylic acids is 4. The van der Waals surface area contributed by atoms with E-state index in [-0.39, 0.29) is 37.9 Å². The van der Waals surface area contributed by atoms with Gasteiger partial charge in [-0.25, -0.2) is 0 Å². The van der Waals surface area contributed by atoms with Crippen LogP contribution in [0.5, 0.6) is 0 Å². The van der Waals surface area contributed by atoms with Crippen LogP contribution in [0.15, 0.2) is 0 Å². The van der Waals surface area contributed by atoms with Gasteiger partial charge in [-0.3, -0.25) is 19.2 Å². The van der Waals surface area contributed by atoms with Gasteiger partial charge in [-0.2, -0.15) is 0 Å². The highest BCUT2D eigenvalue weighted by Crippen LogP contribution is 2.16. The van der Waals surface area contributed by atoms with Gasteiger partial charge in [-0.05, 0) is 46.3 Å². The molecule has 324 valence electrons. The zero-order chi connectivity index (χ0) is 40.6. The van der Waals surface area contributed by atoms with Gasteiger partial charge < -0.3 is 24.4 Å². The standard InChI is InChI=1S/C46H88N2O7/c1-6-9-12-15-18-21-24-27-30-35-44(50)53-40-42(55-46(52)37-32-29-26-23-20-17-14-11-8-3)41(39-47-43(49)34-33-38-48(4)5)54-45(51)36-31-28-25-22-19-16-13-10-7-2/h41-42H,6-40H2,1-5H3,(H,47,49). The molecular formula is C46H88N2O7. The predicted molar refractivity (Wildman–Crippen MR) is 227 cm³/mol. The van der Waals surface area contributed by atoms with Gasteiger partial charge >= 0.3 is 17.9 Å². The number of ether oxygens (including phenoxy) is 3. The zero-order valence-electron chi connectivity index (χ0n) is 36.7. The Balaban J connectivity index is 5.34. The van der Waals surface area contributed by atoms with Crippen molar-refractivity contribution in [3.05, 3.63) is 0 Å². The molecule has 0 aliphatic heterocycles. The minimum absolute atomic E-state index is 0.0178. The minimum atomic E-state index is -1.01. The van der Waals surface area contributed by atoms with Crippen LogP contribution in [0.25, 0.3) is 0 Å². The van der Waals surface area contributed by atoms with Gasteiger partial charge in [0.1, 0.15) is 6.61 Å². The third-order valence-corrected chi connectivity index (χ3v) is 10.4. The SMILES string of the molecule is CCCCCCCCCCCC(=O)OCC(OC(=O)CCCCCCCCCCC)C(CNC(=O)CCCN(C)C)OC(=O)CCCCCCCCCCC. The monoisotopic (exact) mass is 781 g/mol. The van der Waals surface area contributed by atoms with Gasteiger partial charge in [0.05, 0.1) is 6.54 Å². The van der Waals surface area contributed by atoms with Crippen molar-refractivity contribution in [2.75, 3.05) is 33.8 Å². The van der Waals surface area contributed by atoms with E-state index in [1.54, 1.807) is 0 Å². The fraction of sp³-hybridized carbons (Fsp3) is 0.913. The van der Waals surface area contributed by atoms with Gasteiger partial charge in [0.25, 0.3) is 0 Å². The van der Waals surface area contributed by atoms with Crippen molar-refractivity contribution in [2.45, 2.75) is 238 Å². The minimum Gasteiger partial charge on any atom is -0.462 e. The topological polar surface area (TPSA) is 111 Å². The summed E-state index contributed by atoms with van der Waals surface area (Å²) in [6.07, 6.45) is 30.6. The lowest BCUT2D eigenvalue weighted by Gasteiger charge is -2.27. The van der Waals surface area contributed by atoms with Crippen molar-refractivity contribution >= 4 is 23.8 Å². The van der Waals surface area contributed by atoms with E-state index in [9.17, 15) is 19.2 Å². The highest BCUT2D eigenvalue weighted by molar-refractivity contribution is 5.76. The average molecular weight is 781 g/mol. The van der Waals surface area contributed by atoms with E-state index in [2.05, 4.69) is 26.1 Å². The molecule has 0 radical (unpaired) electrons. The van der Waals surface area contributed by atoms with Crippen LogP contribution in [0.2, 0.25) is 0 Å². The van der Waals surface area contributed by atoms with E-state index in [4.69, 9.17) is 14.2 Å². The second-order valence-corrected chi connectivity index (χ2v) is 16.2. The van der Waals surface area contributed by atoms with E-state index in [1.807, 2.05) is 19.0 Å². The van der Waals surface area contributed by atoms with Crippen LogP contribution in [-0.2, 0) is 33.4 Å². The van der Waals surface area contributed by atoms with Crippen LogP contribution in [0, 0.1) is 0 Å². The molecule has 9 heteroatoms. The van der Waals surface area contributed by atoms with Crippen molar-refractivity contribution < 1.29 is 33.4 Å². The number of unbranched alkanes of at least 4 members (excludes halogenated alkanes) is 24. The fourth-order valence-corrected chi connectivity index (χ4v) is 6.77. The summed E-state index contributed by atoms with van der Waals surface area (Å²) in [5, 5.41) is 2.90.